The van der Waals surface area contributed by atoms with Crippen LogP contribution in [-0.2, 0) is 14.1 Å². The summed E-state index contributed by atoms with van der Waals surface area (Å²) in [6.07, 6.45) is 6.88. The molecule has 0 aliphatic heterocycles. The Hall–Kier alpha value is -1.50. The summed E-state index contributed by atoms with van der Waals surface area (Å²) in [7, 11) is 2.80. The Bertz CT molecular complexity index is 634. The van der Waals surface area contributed by atoms with Gasteiger partial charge in [0.15, 0.2) is 0 Å². The summed E-state index contributed by atoms with van der Waals surface area (Å²) >= 11 is 1.10. The number of nitrogen functional groups attached to an aromatic ring is 1. The van der Waals surface area contributed by atoms with Gasteiger partial charge in [0, 0.05) is 19.8 Å². The monoisotopic (exact) mass is 327 g/mol. The van der Waals surface area contributed by atoms with Crippen molar-refractivity contribution in [2.45, 2.75) is 45.4 Å². The number of anilines is 1. The number of thioether (sulfide) groups is 1. The highest BCUT2D eigenvalue weighted by molar-refractivity contribution is 8.14. The molecule has 124 valence electrons. The molecule has 0 aliphatic rings. The Balaban J connectivity index is 2.64. The Morgan fingerprint density at radius 3 is 2.27 bits per heavy atom. The number of carbonyl (C=O) groups excluding carboxylic acids is 1. The molecule has 0 radical (unpaired) electrons. The van der Waals surface area contributed by atoms with Crippen LogP contribution in [0, 0.1) is 0 Å². The summed E-state index contributed by atoms with van der Waals surface area (Å²) in [5.41, 5.74) is 4.51. The van der Waals surface area contributed by atoms with Crippen molar-refractivity contribution in [1.29, 1.82) is 0 Å². The molecule has 0 saturated carbocycles. The van der Waals surface area contributed by atoms with E-state index < -0.39 is 11.2 Å². The van der Waals surface area contributed by atoms with Gasteiger partial charge in [-0.15, -0.1) is 0 Å². The number of unbranched alkanes of at least 4 members (excludes halogenated alkanes) is 5. The quantitative estimate of drug-likeness (QED) is 0.737. The topological polar surface area (TPSA) is 87.1 Å². The van der Waals surface area contributed by atoms with Gasteiger partial charge in [-0.3, -0.25) is 18.7 Å². The third-order valence-corrected chi connectivity index (χ3v) is 4.60. The molecule has 6 nitrogen and oxygen atoms in total. The first-order chi connectivity index (χ1) is 10.4. The van der Waals surface area contributed by atoms with Gasteiger partial charge in [0.1, 0.15) is 11.4 Å². The number of rotatable bonds is 8. The smallest absolute Gasteiger partial charge is 0.332 e. The minimum atomic E-state index is -0.624. The minimum absolute atomic E-state index is 0.0615. The molecule has 0 saturated heterocycles. The van der Waals surface area contributed by atoms with E-state index in [1.54, 1.807) is 0 Å². The second-order valence-electron chi connectivity index (χ2n) is 5.37. The molecule has 0 unspecified atom stereocenters. The molecule has 0 aliphatic carbocycles. The maximum absolute atomic E-state index is 12.2. The summed E-state index contributed by atoms with van der Waals surface area (Å²) in [6, 6.07) is 0. The lowest BCUT2D eigenvalue weighted by Gasteiger charge is -2.10. The van der Waals surface area contributed by atoms with Crippen LogP contribution >= 0.6 is 11.8 Å². The molecular formula is C15H25N3O3S. The maximum Gasteiger partial charge on any atom is 0.332 e. The third-order valence-electron chi connectivity index (χ3n) is 3.65. The number of aromatic nitrogens is 2. The van der Waals surface area contributed by atoms with Crippen LogP contribution in [0.25, 0.3) is 0 Å². The van der Waals surface area contributed by atoms with Crippen LogP contribution in [0.5, 0.6) is 0 Å². The van der Waals surface area contributed by atoms with Crippen LogP contribution in [0.1, 0.15) is 55.8 Å². The number of carbonyl (C=O) groups is 1. The Morgan fingerprint density at radius 1 is 1.05 bits per heavy atom. The van der Waals surface area contributed by atoms with Gasteiger partial charge in [-0.2, -0.15) is 0 Å². The molecule has 0 amide bonds. The van der Waals surface area contributed by atoms with E-state index in [1.807, 2.05) is 0 Å². The van der Waals surface area contributed by atoms with Crippen LogP contribution in [0.3, 0.4) is 0 Å². The predicted octanol–water partition coefficient (Wildman–Crippen LogP) is 1.90. The van der Waals surface area contributed by atoms with Gasteiger partial charge in [-0.05, 0) is 6.42 Å². The molecule has 2 N–H and O–H groups in total. The SMILES string of the molecule is CCCCCCCCSC(=O)c1c(N)n(C)c(=O)n(C)c1=O. The van der Waals surface area contributed by atoms with Gasteiger partial charge < -0.3 is 5.73 Å². The number of hydrogen-bond donors (Lipinski definition) is 1. The lowest BCUT2D eigenvalue weighted by molar-refractivity contribution is 0.108. The molecule has 0 aromatic carbocycles. The number of hydrogen-bond acceptors (Lipinski definition) is 5. The van der Waals surface area contributed by atoms with Gasteiger partial charge in [0.2, 0.25) is 5.12 Å². The van der Waals surface area contributed by atoms with Crippen molar-refractivity contribution in [2.75, 3.05) is 11.5 Å². The lowest BCUT2D eigenvalue weighted by Crippen LogP contribution is -2.41. The Morgan fingerprint density at radius 2 is 1.64 bits per heavy atom. The zero-order valence-corrected chi connectivity index (χ0v) is 14.4. The normalized spacial score (nSPS) is 10.9. The van der Waals surface area contributed by atoms with E-state index in [-0.39, 0.29) is 16.5 Å². The molecule has 1 aromatic heterocycles. The zero-order valence-electron chi connectivity index (χ0n) is 13.6. The Kier molecular flexibility index (Phi) is 7.44. The van der Waals surface area contributed by atoms with Crippen molar-refractivity contribution < 1.29 is 4.79 Å². The van der Waals surface area contributed by atoms with Crippen molar-refractivity contribution in [3.63, 3.8) is 0 Å². The van der Waals surface area contributed by atoms with Crippen molar-refractivity contribution in [3.05, 3.63) is 26.4 Å². The summed E-state index contributed by atoms with van der Waals surface area (Å²) in [6.45, 7) is 2.17. The van der Waals surface area contributed by atoms with Crippen LogP contribution in [0.2, 0.25) is 0 Å². The first-order valence-electron chi connectivity index (χ1n) is 7.64. The van der Waals surface area contributed by atoms with Crippen LogP contribution in [0.15, 0.2) is 9.59 Å². The van der Waals surface area contributed by atoms with Gasteiger partial charge in [0.05, 0.1) is 0 Å². The molecule has 0 spiro atoms. The minimum Gasteiger partial charge on any atom is -0.384 e. The average molecular weight is 327 g/mol. The average Bonchev–Trinajstić information content (AvgIpc) is 2.50. The zero-order chi connectivity index (χ0) is 16.7. The summed E-state index contributed by atoms with van der Waals surface area (Å²) in [5.74, 6) is 0.602. The van der Waals surface area contributed by atoms with E-state index in [0.29, 0.717) is 5.75 Å². The van der Waals surface area contributed by atoms with E-state index in [4.69, 9.17) is 5.73 Å². The highest BCUT2D eigenvalue weighted by Crippen LogP contribution is 2.16. The molecule has 1 aromatic rings. The predicted molar refractivity (Wildman–Crippen MR) is 91.5 cm³/mol. The summed E-state index contributed by atoms with van der Waals surface area (Å²) in [4.78, 5) is 35.9. The highest BCUT2D eigenvalue weighted by atomic mass is 32.2. The third kappa shape index (κ3) is 4.50. The van der Waals surface area contributed by atoms with Crippen molar-refractivity contribution >= 4 is 22.7 Å². The molecule has 1 rings (SSSR count). The fourth-order valence-corrected chi connectivity index (χ4v) is 3.04. The van der Waals surface area contributed by atoms with Gasteiger partial charge >= 0.3 is 5.69 Å². The number of nitrogens with zero attached hydrogens (tertiary/aromatic N) is 2. The summed E-state index contributed by atoms with van der Waals surface area (Å²) in [5, 5.41) is -0.359. The maximum atomic E-state index is 12.2. The first kappa shape index (κ1) is 18.5. The van der Waals surface area contributed by atoms with E-state index >= 15 is 0 Å². The standard InChI is InChI=1S/C15H25N3O3S/c1-4-5-6-7-8-9-10-22-14(20)11-12(16)17(2)15(21)18(3)13(11)19/h4-10,16H2,1-3H3. The fraction of sp³-hybridized carbons (Fsp3) is 0.667. The molecule has 0 bridgehead atoms. The van der Waals surface area contributed by atoms with Crippen molar-refractivity contribution in [3.8, 4) is 0 Å². The van der Waals surface area contributed by atoms with Gasteiger partial charge in [-0.1, -0.05) is 50.8 Å². The van der Waals surface area contributed by atoms with Gasteiger partial charge in [0.25, 0.3) is 5.56 Å². The molecule has 7 heteroatoms. The highest BCUT2D eigenvalue weighted by Gasteiger charge is 2.20. The Labute approximate surface area is 134 Å². The van der Waals surface area contributed by atoms with Crippen molar-refractivity contribution in [2.24, 2.45) is 14.1 Å². The van der Waals surface area contributed by atoms with E-state index in [9.17, 15) is 14.4 Å². The largest absolute Gasteiger partial charge is 0.384 e. The summed E-state index contributed by atoms with van der Waals surface area (Å²) < 4.78 is 2.04. The van der Waals surface area contributed by atoms with Crippen molar-refractivity contribution in [1.82, 2.24) is 9.13 Å². The molecule has 0 fully saturated rings. The van der Waals surface area contributed by atoms with Crippen LogP contribution in [0.4, 0.5) is 5.82 Å². The molecular weight excluding hydrogens is 302 g/mol. The molecule has 0 atom stereocenters. The fourth-order valence-electron chi connectivity index (χ4n) is 2.17. The molecule has 22 heavy (non-hydrogen) atoms. The second-order valence-corrected chi connectivity index (χ2v) is 6.44. The van der Waals surface area contributed by atoms with Gasteiger partial charge in [-0.25, -0.2) is 4.79 Å². The van der Waals surface area contributed by atoms with Crippen LogP contribution < -0.4 is 17.0 Å². The van der Waals surface area contributed by atoms with E-state index in [1.165, 1.54) is 39.8 Å². The van der Waals surface area contributed by atoms with E-state index in [2.05, 4.69) is 6.92 Å². The van der Waals surface area contributed by atoms with E-state index in [0.717, 1.165) is 33.7 Å². The first-order valence-corrected chi connectivity index (χ1v) is 8.63. The number of nitrogens with two attached hydrogens (primary N) is 1. The lowest BCUT2D eigenvalue weighted by atomic mass is 10.1. The van der Waals surface area contributed by atoms with Crippen LogP contribution in [-0.4, -0.2) is 20.0 Å². The molecule has 1 heterocycles. The second kappa shape index (κ2) is 8.82.